The third-order valence-electron chi connectivity index (χ3n) is 4.86. The fraction of sp³-hybridized carbons (Fsp3) is 0.412. The van der Waals surface area contributed by atoms with Gasteiger partial charge in [-0.15, -0.1) is 10.2 Å². The Morgan fingerprint density at radius 1 is 1.22 bits per heavy atom. The summed E-state index contributed by atoms with van der Waals surface area (Å²) in [7, 11) is 1.61. The van der Waals surface area contributed by atoms with Crippen molar-refractivity contribution in [3.63, 3.8) is 0 Å². The van der Waals surface area contributed by atoms with E-state index < -0.39 is 0 Å². The second-order valence-corrected chi connectivity index (χ2v) is 6.63. The van der Waals surface area contributed by atoms with E-state index in [9.17, 15) is 9.59 Å². The molecule has 140 valence electrons. The Bertz CT molecular complexity index is 1050. The van der Waals surface area contributed by atoms with Gasteiger partial charge < -0.3 is 9.47 Å². The summed E-state index contributed by atoms with van der Waals surface area (Å²) < 4.78 is 4.98. The molecule has 27 heavy (non-hydrogen) atoms. The fourth-order valence-corrected chi connectivity index (χ4v) is 3.24. The number of pyridine rings is 1. The van der Waals surface area contributed by atoms with Crippen LogP contribution >= 0.6 is 0 Å². The minimum atomic E-state index is -0.204. The van der Waals surface area contributed by atoms with Gasteiger partial charge in [-0.1, -0.05) is 16.5 Å². The van der Waals surface area contributed by atoms with E-state index in [2.05, 4.69) is 20.6 Å². The number of hydrogen-bond donors (Lipinski definition) is 0. The molecule has 4 heterocycles. The Morgan fingerprint density at radius 2 is 2.07 bits per heavy atom. The van der Waals surface area contributed by atoms with Crippen LogP contribution in [0.2, 0.25) is 0 Å². The molecule has 0 aromatic carbocycles. The monoisotopic (exact) mass is 368 g/mol. The molecule has 1 aliphatic heterocycles. The summed E-state index contributed by atoms with van der Waals surface area (Å²) in [6.07, 6.45) is 2.46. The Balaban J connectivity index is 1.63. The Morgan fingerprint density at radius 3 is 2.85 bits per heavy atom. The van der Waals surface area contributed by atoms with Crippen LogP contribution in [0.25, 0.3) is 0 Å². The Kier molecular flexibility index (Phi) is 4.30. The van der Waals surface area contributed by atoms with Crippen molar-refractivity contribution in [1.29, 1.82) is 0 Å². The maximum Gasteiger partial charge on any atom is 0.270 e. The molecule has 0 spiro atoms. The second kappa shape index (κ2) is 6.78. The quantitative estimate of drug-likeness (QED) is 0.643. The van der Waals surface area contributed by atoms with E-state index >= 15 is 0 Å². The molecule has 0 saturated heterocycles. The molecule has 0 unspecified atom stereocenters. The van der Waals surface area contributed by atoms with Crippen molar-refractivity contribution in [1.82, 2.24) is 39.5 Å². The highest BCUT2D eigenvalue weighted by atomic mass is 16.2. The van der Waals surface area contributed by atoms with E-state index in [0.29, 0.717) is 31.9 Å². The minimum Gasteiger partial charge on any atom is -0.331 e. The summed E-state index contributed by atoms with van der Waals surface area (Å²) in [5.41, 5.74) is 2.75. The van der Waals surface area contributed by atoms with Crippen molar-refractivity contribution in [3.05, 3.63) is 57.5 Å². The number of carbonyl (C=O) groups excluding carboxylic acids is 1. The molecule has 3 aromatic heterocycles. The first-order valence-corrected chi connectivity index (χ1v) is 8.76. The van der Waals surface area contributed by atoms with Crippen LogP contribution in [0.1, 0.15) is 34.0 Å². The molecule has 0 N–H and O–H groups in total. The summed E-state index contributed by atoms with van der Waals surface area (Å²) in [5, 5.41) is 16.5. The van der Waals surface area contributed by atoms with E-state index in [0.717, 1.165) is 23.5 Å². The molecule has 0 saturated carbocycles. The molecule has 1 amide bonds. The first-order chi connectivity index (χ1) is 13.0. The first-order valence-electron chi connectivity index (χ1n) is 8.76. The van der Waals surface area contributed by atoms with Gasteiger partial charge >= 0.3 is 0 Å². The van der Waals surface area contributed by atoms with Crippen molar-refractivity contribution in [2.24, 2.45) is 7.05 Å². The lowest BCUT2D eigenvalue weighted by Gasteiger charge is -2.21. The van der Waals surface area contributed by atoms with Crippen LogP contribution in [0, 0.1) is 6.92 Å². The van der Waals surface area contributed by atoms with Gasteiger partial charge in [0.05, 0.1) is 30.7 Å². The van der Waals surface area contributed by atoms with E-state index in [1.54, 1.807) is 35.0 Å². The maximum absolute atomic E-state index is 13.0. The van der Waals surface area contributed by atoms with Gasteiger partial charge in [-0.3, -0.25) is 9.59 Å². The number of fused-ring (bicyclic) bond motifs is 1. The lowest BCUT2D eigenvalue weighted by molar-refractivity contribution is 0.0734. The van der Waals surface area contributed by atoms with Crippen molar-refractivity contribution in [2.75, 3.05) is 6.54 Å². The molecule has 3 aromatic rings. The number of aromatic nitrogens is 7. The Labute approximate surface area is 155 Å². The van der Waals surface area contributed by atoms with Gasteiger partial charge in [-0.05, 0) is 19.4 Å². The highest BCUT2D eigenvalue weighted by molar-refractivity contribution is 5.92. The molecule has 0 aliphatic carbocycles. The van der Waals surface area contributed by atoms with Gasteiger partial charge in [0.2, 0.25) is 0 Å². The van der Waals surface area contributed by atoms with Crippen LogP contribution < -0.4 is 5.56 Å². The second-order valence-electron chi connectivity index (χ2n) is 6.63. The van der Waals surface area contributed by atoms with Crippen molar-refractivity contribution >= 4 is 5.91 Å². The number of hydrogen-bond acceptors (Lipinski definition) is 6. The predicted octanol–water partition coefficient (Wildman–Crippen LogP) is -0.0289. The minimum absolute atomic E-state index is 0.173. The van der Waals surface area contributed by atoms with Crippen LogP contribution in [0.3, 0.4) is 0 Å². The summed E-state index contributed by atoms with van der Waals surface area (Å²) in [4.78, 5) is 26.6. The molecule has 0 radical (unpaired) electrons. The van der Waals surface area contributed by atoms with Crippen LogP contribution in [0.15, 0.2) is 29.2 Å². The standard InChI is InChI=1S/C17H20N8O2/c1-12-9-18-20-25(12)10-13-15-11-23(7-4-8-24(15)21-19-13)17(27)14-5-3-6-16(26)22(14)2/h3,5-6,9H,4,7-8,10-11H2,1-2H3. The number of nitrogens with zero attached hydrogens (tertiary/aromatic N) is 8. The largest absolute Gasteiger partial charge is 0.331 e. The van der Waals surface area contributed by atoms with E-state index in [-0.39, 0.29) is 11.5 Å². The average Bonchev–Trinajstić information content (AvgIpc) is 3.16. The third kappa shape index (κ3) is 3.14. The zero-order chi connectivity index (χ0) is 19.0. The molecule has 0 fully saturated rings. The maximum atomic E-state index is 13.0. The van der Waals surface area contributed by atoms with Gasteiger partial charge in [-0.25, -0.2) is 9.36 Å². The normalized spacial score (nSPS) is 14.1. The summed E-state index contributed by atoms with van der Waals surface area (Å²) in [5.74, 6) is -0.173. The van der Waals surface area contributed by atoms with Crippen LogP contribution in [0.5, 0.6) is 0 Å². The molecule has 10 heteroatoms. The molecule has 0 bridgehead atoms. The molecular formula is C17H20N8O2. The van der Waals surface area contributed by atoms with Crippen molar-refractivity contribution < 1.29 is 4.79 Å². The molecule has 4 rings (SSSR count). The summed E-state index contributed by atoms with van der Waals surface area (Å²) in [6, 6.07) is 4.72. The number of rotatable bonds is 3. The van der Waals surface area contributed by atoms with Gasteiger partial charge in [0.1, 0.15) is 11.4 Å². The number of carbonyl (C=O) groups is 1. The predicted molar refractivity (Wildman–Crippen MR) is 94.9 cm³/mol. The average molecular weight is 368 g/mol. The SMILES string of the molecule is Cc1cnnn1Cc1nnn2c1CN(C(=O)c1cccc(=O)n1C)CCC2. The van der Waals surface area contributed by atoms with Gasteiger partial charge in [0, 0.05) is 26.2 Å². The third-order valence-corrected chi connectivity index (χ3v) is 4.86. The zero-order valence-electron chi connectivity index (χ0n) is 15.2. The summed E-state index contributed by atoms with van der Waals surface area (Å²) >= 11 is 0. The Hall–Kier alpha value is -3.30. The van der Waals surface area contributed by atoms with E-state index in [1.807, 2.05) is 11.6 Å². The van der Waals surface area contributed by atoms with Crippen molar-refractivity contribution in [2.45, 2.75) is 33.0 Å². The first kappa shape index (κ1) is 17.1. The van der Waals surface area contributed by atoms with Crippen LogP contribution in [0.4, 0.5) is 0 Å². The molecule has 10 nitrogen and oxygen atoms in total. The lowest BCUT2D eigenvalue weighted by Crippen LogP contribution is -2.35. The van der Waals surface area contributed by atoms with Gasteiger partial charge in [0.25, 0.3) is 11.5 Å². The summed E-state index contributed by atoms with van der Waals surface area (Å²) in [6.45, 7) is 4.04. The highest BCUT2D eigenvalue weighted by Gasteiger charge is 2.25. The lowest BCUT2D eigenvalue weighted by atomic mass is 10.2. The highest BCUT2D eigenvalue weighted by Crippen LogP contribution is 2.17. The van der Waals surface area contributed by atoms with Crippen molar-refractivity contribution in [3.8, 4) is 0 Å². The topological polar surface area (TPSA) is 104 Å². The van der Waals surface area contributed by atoms with E-state index in [4.69, 9.17) is 0 Å². The molecule has 0 atom stereocenters. The van der Waals surface area contributed by atoms with Gasteiger partial charge in [0.15, 0.2) is 0 Å². The smallest absolute Gasteiger partial charge is 0.270 e. The molecule has 1 aliphatic rings. The zero-order valence-corrected chi connectivity index (χ0v) is 15.2. The number of aryl methyl sites for hydroxylation is 2. The fourth-order valence-electron chi connectivity index (χ4n) is 3.24. The molecular weight excluding hydrogens is 348 g/mol. The van der Waals surface area contributed by atoms with Crippen LogP contribution in [-0.4, -0.2) is 51.9 Å². The van der Waals surface area contributed by atoms with Gasteiger partial charge in [-0.2, -0.15) is 0 Å². The number of amides is 1. The van der Waals surface area contributed by atoms with Crippen LogP contribution in [-0.2, 0) is 26.7 Å². The van der Waals surface area contributed by atoms with E-state index in [1.165, 1.54) is 10.6 Å².